The van der Waals surface area contributed by atoms with Crippen LogP contribution in [-0.2, 0) is 22.3 Å². The first-order valence-electron chi connectivity index (χ1n) is 6.68. The molecule has 0 N–H and O–H groups in total. The van der Waals surface area contributed by atoms with Gasteiger partial charge in [-0.2, -0.15) is 13.2 Å². The topological polar surface area (TPSA) is 40.6 Å². The van der Waals surface area contributed by atoms with Gasteiger partial charge in [-0.05, 0) is 18.6 Å². The van der Waals surface area contributed by atoms with Crippen molar-refractivity contribution in [2.24, 2.45) is 0 Å². The molecule has 1 aromatic carbocycles. The van der Waals surface area contributed by atoms with Gasteiger partial charge in [-0.25, -0.2) is 4.39 Å². The number of alkyl halides is 3. The first-order chi connectivity index (χ1) is 10.3. The SMILES string of the molecule is CCN1CCN(Cc2cccc(F)c2C(F)(F)F)C(=O)C1=O. The minimum absolute atomic E-state index is 0.117. The lowest BCUT2D eigenvalue weighted by Gasteiger charge is -2.33. The largest absolute Gasteiger partial charge is 0.419 e. The average Bonchev–Trinajstić information content (AvgIpc) is 2.43. The zero-order chi connectivity index (χ0) is 16.5. The van der Waals surface area contributed by atoms with Crippen molar-refractivity contribution in [1.29, 1.82) is 0 Å². The second-order valence-corrected chi connectivity index (χ2v) is 4.88. The van der Waals surface area contributed by atoms with Gasteiger partial charge in [-0.1, -0.05) is 12.1 Å². The third kappa shape index (κ3) is 3.05. The molecule has 0 radical (unpaired) electrons. The Morgan fingerprint density at radius 3 is 2.27 bits per heavy atom. The first kappa shape index (κ1) is 16.3. The smallest absolute Gasteiger partial charge is 0.333 e. The molecule has 1 heterocycles. The fourth-order valence-corrected chi connectivity index (χ4v) is 2.39. The van der Waals surface area contributed by atoms with E-state index in [2.05, 4.69) is 0 Å². The molecule has 0 atom stereocenters. The van der Waals surface area contributed by atoms with Gasteiger partial charge in [0.15, 0.2) is 0 Å². The lowest BCUT2D eigenvalue weighted by atomic mass is 10.1. The van der Waals surface area contributed by atoms with E-state index in [1.165, 1.54) is 4.90 Å². The van der Waals surface area contributed by atoms with E-state index in [0.717, 1.165) is 17.0 Å². The van der Waals surface area contributed by atoms with E-state index < -0.39 is 35.9 Å². The summed E-state index contributed by atoms with van der Waals surface area (Å²) in [6.07, 6.45) is -4.86. The highest BCUT2D eigenvalue weighted by Gasteiger charge is 2.38. The van der Waals surface area contributed by atoms with E-state index in [-0.39, 0.29) is 18.7 Å². The molecule has 120 valence electrons. The van der Waals surface area contributed by atoms with Crippen LogP contribution in [0.15, 0.2) is 18.2 Å². The van der Waals surface area contributed by atoms with Crippen molar-refractivity contribution < 1.29 is 27.2 Å². The molecule has 2 rings (SSSR count). The second kappa shape index (κ2) is 5.94. The van der Waals surface area contributed by atoms with Gasteiger partial charge in [0.1, 0.15) is 5.82 Å². The van der Waals surface area contributed by atoms with Gasteiger partial charge in [0.05, 0.1) is 5.56 Å². The molecule has 4 nitrogen and oxygen atoms in total. The molecule has 2 amide bonds. The van der Waals surface area contributed by atoms with Gasteiger partial charge in [-0.15, -0.1) is 0 Å². The molecule has 1 aliphatic heterocycles. The van der Waals surface area contributed by atoms with Crippen LogP contribution in [0.25, 0.3) is 0 Å². The number of hydrogen-bond donors (Lipinski definition) is 0. The van der Waals surface area contributed by atoms with Gasteiger partial charge < -0.3 is 9.80 Å². The van der Waals surface area contributed by atoms with Gasteiger partial charge in [-0.3, -0.25) is 9.59 Å². The molecule has 0 aliphatic carbocycles. The summed E-state index contributed by atoms with van der Waals surface area (Å²) >= 11 is 0. The molecule has 1 saturated heterocycles. The third-order valence-corrected chi connectivity index (χ3v) is 3.52. The summed E-state index contributed by atoms with van der Waals surface area (Å²) in [6.45, 7) is 1.97. The number of nitrogens with zero attached hydrogens (tertiary/aromatic N) is 2. The fourth-order valence-electron chi connectivity index (χ4n) is 2.39. The zero-order valence-electron chi connectivity index (χ0n) is 11.8. The normalized spacial score (nSPS) is 16.4. The first-order valence-corrected chi connectivity index (χ1v) is 6.68. The Morgan fingerprint density at radius 1 is 1.09 bits per heavy atom. The molecule has 1 fully saturated rings. The minimum Gasteiger partial charge on any atom is -0.333 e. The van der Waals surface area contributed by atoms with Crippen LogP contribution in [0, 0.1) is 5.82 Å². The third-order valence-electron chi connectivity index (χ3n) is 3.52. The van der Waals surface area contributed by atoms with Crippen molar-refractivity contribution in [2.75, 3.05) is 19.6 Å². The lowest BCUT2D eigenvalue weighted by molar-refractivity contribution is -0.156. The van der Waals surface area contributed by atoms with Crippen LogP contribution in [0.4, 0.5) is 17.6 Å². The van der Waals surface area contributed by atoms with Crippen molar-refractivity contribution in [3.63, 3.8) is 0 Å². The predicted molar refractivity (Wildman–Crippen MR) is 69.1 cm³/mol. The Morgan fingerprint density at radius 2 is 1.68 bits per heavy atom. The van der Waals surface area contributed by atoms with Gasteiger partial charge in [0.25, 0.3) is 0 Å². The van der Waals surface area contributed by atoms with E-state index in [9.17, 15) is 27.2 Å². The number of rotatable bonds is 3. The van der Waals surface area contributed by atoms with Crippen LogP contribution in [0.5, 0.6) is 0 Å². The predicted octanol–water partition coefficient (Wildman–Crippen LogP) is 2.04. The summed E-state index contributed by atoms with van der Waals surface area (Å²) in [5.41, 5.74) is -1.76. The molecule has 22 heavy (non-hydrogen) atoms. The molecule has 0 unspecified atom stereocenters. The molecule has 1 aromatic rings. The van der Waals surface area contributed by atoms with Gasteiger partial charge in [0.2, 0.25) is 0 Å². The number of halogens is 4. The standard InChI is InChI=1S/C14H14F4N2O2/c1-2-19-6-7-20(13(22)12(19)21)8-9-4-3-5-10(15)11(9)14(16,17)18/h3-5H,2,6-8H2,1H3. The number of amides is 2. The quantitative estimate of drug-likeness (QED) is 0.632. The van der Waals surface area contributed by atoms with Gasteiger partial charge >= 0.3 is 18.0 Å². The number of carbonyl (C=O) groups is 2. The Bertz CT molecular complexity index is 601. The molecule has 0 spiro atoms. The number of piperazine rings is 1. The van der Waals surface area contributed by atoms with E-state index in [0.29, 0.717) is 12.6 Å². The van der Waals surface area contributed by atoms with Crippen LogP contribution < -0.4 is 0 Å². The average molecular weight is 318 g/mol. The highest BCUT2D eigenvalue weighted by molar-refractivity contribution is 6.35. The Balaban J connectivity index is 2.27. The molecular weight excluding hydrogens is 304 g/mol. The van der Waals surface area contributed by atoms with Crippen LogP contribution in [0.3, 0.4) is 0 Å². The lowest BCUT2D eigenvalue weighted by Crippen LogP contribution is -2.53. The zero-order valence-corrected chi connectivity index (χ0v) is 11.8. The maximum absolute atomic E-state index is 13.5. The number of benzene rings is 1. The van der Waals surface area contributed by atoms with Crippen molar-refractivity contribution in [3.8, 4) is 0 Å². The van der Waals surface area contributed by atoms with E-state index in [1.807, 2.05) is 0 Å². The molecule has 1 aliphatic rings. The molecule has 0 bridgehead atoms. The minimum atomic E-state index is -4.86. The summed E-state index contributed by atoms with van der Waals surface area (Å²) in [5.74, 6) is -3.01. The second-order valence-electron chi connectivity index (χ2n) is 4.88. The highest BCUT2D eigenvalue weighted by Crippen LogP contribution is 2.34. The van der Waals surface area contributed by atoms with Crippen LogP contribution >= 0.6 is 0 Å². The van der Waals surface area contributed by atoms with E-state index in [4.69, 9.17) is 0 Å². The highest BCUT2D eigenvalue weighted by atomic mass is 19.4. The molecule has 0 saturated carbocycles. The Labute approximate surface area is 124 Å². The van der Waals surface area contributed by atoms with Crippen molar-refractivity contribution in [2.45, 2.75) is 19.6 Å². The molecular formula is C14H14F4N2O2. The van der Waals surface area contributed by atoms with Crippen molar-refractivity contribution in [1.82, 2.24) is 9.80 Å². The summed E-state index contributed by atoms with van der Waals surface area (Å²) < 4.78 is 52.3. The maximum atomic E-state index is 13.5. The van der Waals surface area contributed by atoms with Crippen LogP contribution in [0.2, 0.25) is 0 Å². The van der Waals surface area contributed by atoms with Crippen molar-refractivity contribution in [3.05, 3.63) is 35.1 Å². The van der Waals surface area contributed by atoms with Gasteiger partial charge in [0, 0.05) is 26.2 Å². The molecule has 8 heteroatoms. The number of carbonyl (C=O) groups excluding carboxylic acids is 2. The monoisotopic (exact) mass is 318 g/mol. The summed E-state index contributed by atoms with van der Waals surface area (Å²) in [4.78, 5) is 26.0. The van der Waals surface area contributed by atoms with Crippen LogP contribution in [-0.4, -0.2) is 41.2 Å². The van der Waals surface area contributed by atoms with E-state index in [1.54, 1.807) is 6.92 Å². The van der Waals surface area contributed by atoms with Crippen molar-refractivity contribution >= 4 is 11.8 Å². The Hall–Kier alpha value is -2.12. The van der Waals surface area contributed by atoms with Crippen LogP contribution in [0.1, 0.15) is 18.1 Å². The summed E-state index contributed by atoms with van der Waals surface area (Å²) in [5, 5.41) is 0. The fraction of sp³-hybridized carbons (Fsp3) is 0.429. The number of hydrogen-bond acceptors (Lipinski definition) is 2. The Kier molecular flexibility index (Phi) is 4.39. The molecule has 0 aromatic heterocycles. The summed E-state index contributed by atoms with van der Waals surface area (Å²) in [6, 6.07) is 2.97. The summed E-state index contributed by atoms with van der Waals surface area (Å²) in [7, 11) is 0. The number of likely N-dealkylation sites (N-methyl/N-ethyl adjacent to an activating group) is 1. The van der Waals surface area contributed by atoms with E-state index >= 15 is 0 Å². The maximum Gasteiger partial charge on any atom is 0.419 e.